The second-order valence-corrected chi connectivity index (χ2v) is 7.51. The van der Waals surface area contributed by atoms with E-state index in [9.17, 15) is 9.59 Å². The molecule has 1 heterocycles. The number of fused-ring (bicyclic) bond motifs is 1. The maximum absolute atomic E-state index is 12.5. The Hall–Kier alpha value is -1.99. The van der Waals surface area contributed by atoms with E-state index >= 15 is 0 Å². The van der Waals surface area contributed by atoms with Gasteiger partial charge < -0.3 is 5.32 Å². The van der Waals surface area contributed by atoms with Crippen LogP contribution in [0.5, 0.6) is 0 Å². The molecule has 3 aromatic rings. The van der Waals surface area contributed by atoms with Crippen molar-refractivity contribution in [1.29, 1.82) is 0 Å². The second kappa shape index (κ2) is 7.49. The number of carbonyl (C=O) groups excluding carboxylic acids is 1. The summed E-state index contributed by atoms with van der Waals surface area (Å²) in [6.45, 7) is 1.82. The molecule has 0 aliphatic carbocycles. The Morgan fingerprint density at radius 1 is 1.20 bits per heavy atom. The summed E-state index contributed by atoms with van der Waals surface area (Å²) in [5.41, 5.74) is 1.35. The zero-order valence-electron chi connectivity index (χ0n) is 13.4. The van der Waals surface area contributed by atoms with Gasteiger partial charge in [0.05, 0.1) is 23.3 Å². The van der Waals surface area contributed by atoms with Crippen LogP contribution < -0.4 is 10.9 Å². The van der Waals surface area contributed by atoms with Gasteiger partial charge in [-0.1, -0.05) is 44.0 Å². The van der Waals surface area contributed by atoms with Crippen molar-refractivity contribution in [2.45, 2.75) is 19.5 Å². The fourth-order valence-electron chi connectivity index (χ4n) is 2.54. The maximum Gasteiger partial charge on any atom is 0.261 e. The van der Waals surface area contributed by atoms with Gasteiger partial charge in [0.25, 0.3) is 5.56 Å². The fourth-order valence-corrected chi connectivity index (χ4v) is 3.32. The number of nitrogens with one attached hydrogen (secondary N) is 1. The first-order valence-corrected chi connectivity index (χ1v) is 9.22. The van der Waals surface area contributed by atoms with Crippen LogP contribution in [-0.2, 0) is 11.3 Å². The molecule has 0 spiro atoms. The molecule has 0 radical (unpaired) electrons. The average Bonchev–Trinajstić information content (AvgIpc) is 2.58. The number of hydrogen-bond acceptors (Lipinski definition) is 3. The van der Waals surface area contributed by atoms with Crippen LogP contribution >= 0.6 is 31.9 Å². The quantitative estimate of drug-likeness (QED) is 0.638. The molecule has 1 amide bonds. The van der Waals surface area contributed by atoms with Gasteiger partial charge in [-0.05, 0) is 42.8 Å². The average molecular weight is 465 g/mol. The van der Waals surface area contributed by atoms with E-state index in [2.05, 4.69) is 42.2 Å². The first-order chi connectivity index (χ1) is 11.9. The zero-order valence-corrected chi connectivity index (χ0v) is 16.5. The molecular weight excluding hydrogens is 450 g/mol. The second-order valence-electron chi connectivity index (χ2n) is 5.68. The molecule has 0 bridgehead atoms. The molecule has 0 aliphatic rings. The Balaban J connectivity index is 1.78. The number of amides is 1. The monoisotopic (exact) mass is 463 g/mol. The highest BCUT2D eigenvalue weighted by atomic mass is 79.9. The summed E-state index contributed by atoms with van der Waals surface area (Å²) < 4.78 is 3.06. The van der Waals surface area contributed by atoms with Crippen LogP contribution in [0.25, 0.3) is 10.9 Å². The third-order valence-electron chi connectivity index (χ3n) is 3.83. The third kappa shape index (κ3) is 4.16. The van der Waals surface area contributed by atoms with Gasteiger partial charge in [-0.2, -0.15) is 0 Å². The van der Waals surface area contributed by atoms with E-state index in [0.717, 1.165) is 14.5 Å². The minimum atomic E-state index is -0.245. The van der Waals surface area contributed by atoms with Crippen molar-refractivity contribution in [3.8, 4) is 0 Å². The van der Waals surface area contributed by atoms with E-state index in [4.69, 9.17) is 0 Å². The SMILES string of the molecule is CC(NC(=O)Cn1cnc2ccc(Br)cc2c1=O)c1cccc(Br)c1. The normalized spacial score (nSPS) is 12.1. The smallest absolute Gasteiger partial charge is 0.261 e. The number of halogens is 2. The van der Waals surface area contributed by atoms with E-state index in [-0.39, 0.29) is 24.1 Å². The number of rotatable bonds is 4. The Morgan fingerprint density at radius 3 is 2.72 bits per heavy atom. The lowest BCUT2D eigenvalue weighted by Crippen LogP contribution is -2.34. The van der Waals surface area contributed by atoms with Gasteiger partial charge in [0.15, 0.2) is 0 Å². The van der Waals surface area contributed by atoms with E-state index in [1.165, 1.54) is 10.9 Å². The largest absolute Gasteiger partial charge is 0.348 e. The first kappa shape index (κ1) is 17.8. The first-order valence-electron chi connectivity index (χ1n) is 7.63. The topological polar surface area (TPSA) is 64.0 Å². The van der Waals surface area contributed by atoms with Crippen LogP contribution in [-0.4, -0.2) is 15.5 Å². The van der Waals surface area contributed by atoms with E-state index in [1.807, 2.05) is 37.3 Å². The molecular formula is C18H15Br2N3O2. The highest BCUT2D eigenvalue weighted by molar-refractivity contribution is 9.10. The van der Waals surface area contributed by atoms with Crippen molar-refractivity contribution in [2.24, 2.45) is 0 Å². The minimum Gasteiger partial charge on any atom is -0.348 e. The predicted octanol–water partition coefficient (Wildman–Crippen LogP) is 3.80. The van der Waals surface area contributed by atoms with Crippen LogP contribution in [0.2, 0.25) is 0 Å². The van der Waals surface area contributed by atoms with Crippen LogP contribution in [0.15, 0.2) is 62.5 Å². The van der Waals surface area contributed by atoms with Crippen LogP contribution in [0.4, 0.5) is 0 Å². The van der Waals surface area contributed by atoms with Crippen molar-refractivity contribution in [1.82, 2.24) is 14.9 Å². The van der Waals surface area contributed by atoms with Crippen molar-refractivity contribution in [2.75, 3.05) is 0 Å². The van der Waals surface area contributed by atoms with E-state index < -0.39 is 0 Å². The molecule has 1 atom stereocenters. The molecule has 5 nitrogen and oxygen atoms in total. The maximum atomic E-state index is 12.5. The molecule has 128 valence electrons. The van der Waals surface area contributed by atoms with Gasteiger partial charge in [-0.15, -0.1) is 0 Å². The summed E-state index contributed by atoms with van der Waals surface area (Å²) in [5, 5.41) is 3.38. The van der Waals surface area contributed by atoms with Gasteiger partial charge in [0, 0.05) is 8.95 Å². The van der Waals surface area contributed by atoms with Crippen LogP contribution in [0, 0.1) is 0 Å². The van der Waals surface area contributed by atoms with Gasteiger partial charge in [0.2, 0.25) is 5.91 Å². The molecule has 1 aromatic heterocycles. The van der Waals surface area contributed by atoms with Crippen LogP contribution in [0.3, 0.4) is 0 Å². The van der Waals surface area contributed by atoms with Crippen molar-refractivity contribution in [3.63, 3.8) is 0 Å². The van der Waals surface area contributed by atoms with Gasteiger partial charge in [-0.3, -0.25) is 14.2 Å². The molecule has 0 saturated carbocycles. The van der Waals surface area contributed by atoms with Crippen LogP contribution in [0.1, 0.15) is 18.5 Å². The molecule has 7 heteroatoms. The highest BCUT2D eigenvalue weighted by Gasteiger charge is 2.12. The number of carbonyl (C=O) groups is 1. The number of nitrogens with zero attached hydrogens (tertiary/aromatic N) is 2. The number of aromatic nitrogens is 2. The summed E-state index contributed by atoms with van der Waals surface area (Å²) in [6.07, 6.45) is 1.40. The summed E-state index contributed by atoms with van der Waals surface area (Å²) in [6, 6.07) is 12.9. The zero-order chi connectivity index (χ0) is 18.0. The highest BCUT2D eigenvalue weighted by Crippen LogP contribution is 2.18. The summed E-state index contributed by atoms with van der Waals surface area (Å²) in [7, 11) is 0. The molecule has 1 unspecified atom stereocenters. The lowest BCUT2D eigenvalue weighted by molar-refractivity contribution is -0.122. The molecule has 2 aromatic carbocycles. The molecule has 0 fully saturated rings. The Morgan fingerprint density at radius 2 is 1.96 bits per heavy atom. The molecule has 1 N–H and O–H groups in total. The van der Waals surface area contributed by atoms with Gasteiger partial charge in [0.1, 0.15) is 6.54 Å². The van der Waals surface area contributed by atoms with Crippen molar-refractivity contribution >= 4 is 48.7 Å². The number of hydrogen-bond donors (Lipinski definition) is 1. The Kier molecular flexibility index (Phi) is 5.34. The molecule has 0 aliphatic heterocycles. The molecule has 0 saturated heterocycles. The molecule has 3 rings (SSSR count). The van der Waals surface area contributed by atoms with E-state index in [0.29, 0.717) is 10.9 Å². The minimum absolute atomic E-state index is 0.0768. The standard InChI is InChI=1S/C18H15Br2N3O2/c1-11(12-3-2-4-13(19)7-12)22-17(24)9-23-10-21-16-6-5-14(20)8-15(16)18(23)25/h2-8,10-11H,9H2,1H3,(H,22,24). The van der Waals surface area contributed by atoms with Gasteiger partial charge >= 0.3 is 0 Å². The lowest BCUT2D eigenvalue weighted by Gasteiger charge is -2.15. The third-order valence-corrected chi connectivity index (χ3v) is 4.81. The summed E-state index contributed by atoms with van der Waals surface area (Å²) in [5.74, 6) is -0.245. The van der Waals surface area contributed by atoms with E-state index in [1.54, 1.807) is 12.1 Å². The van der Waals surface area contributed by atoms with Gasteiger partial charge in [-0.25, -0.2) is 4.98 Å². The van der Waals surface area contributed by atoms with Crippen molar-refractivity contribution < 1.29 is 4.79 Å². The summed E-state index contributed by atoms with van der Waals surface area (Å²) >= 11 is 6.77. The Labute approximate surface area is 161 Å². The summed E-state index contributed by atoms with van der Waals surface area (Å²) in [4.78, 5) is 29.1. The lowest BCUT2D eigenvalue weighted by atomic mass is 10.1. The molecule has 25 heavy (non-hydrogen) atoms. The fraction of sp³-hybridized carbons (Fsp3) is 0.167. The number of benzene rings is 2. The van der Waals surface area contributed by atoms with Crippen molar-refractivity contribution in [3.05, 3.63) is 73.7 Å². The predicted molar refractivity (Wildman–Crippen MR) is 104 cm³/mol. The Bertz CT molecular complexity index is 1000.